The maximum atomic E-state index is 13.3. The molecule has 1 aliphatic heterocycles. The molecule has 0 bridgehead atoms. The molecule has 1 fully saturated rings. The van der Waals surface area contributed by atoms with Gasteiger partial charge in [-0.3, -0.25) is 4.79 Å². The molecule has 3 rings (SSSR count). The highest BCUT2D eigenvalue weighted by Gasteiger charge is 2.35. The molecule has 29 heavy (non-hydrogen) atoms. The van der Waals surface area contributed by atoms with E-state index in [1.165, 1.54) is 4.31 Å². The highest BCUT2D eigenvalue weighted by atomic mass is 35.5. The monoisotopic (exact) mass is 434 g/mol. The molecule has 0 unspecified atom stereocenters. The quantitative estimate of drug-likeness (QED) is 0.763. The van der Waals surface area contributed by atoms with Gasteiger partial charge in [-0.15, -0.1) is 0 Å². The van der Waals surface area contributed by atoms with Gasteiger partial charge < -0.3 is 5.32 Å². The number of nitrogens with one attached hydrogen (secondary N) is 1. The summed E-state index contributed by atoms with van der Waals surface area (Å²) in [7, 11) is -3.66. The van der Waals surface area contributed by atoms with Crippen LogP contribution in [-0.2, 0) is 14.8 Å². The van der Waals surface area contributed by atoms with Gasteiger partial charge in [-0.25, -0.2) is 8.42 Å². The summed E-state index contributed by atoms with van der Waals surface area (Å²) in [6.45, 7) is 8.05. The zero-order valence-corrected chi connectivity index (χ0v) is 18.8. The third kappa shape index (κ3) is 4.49. The van der Waals surface area contributed by atoms with Crippen molar-refractivity contribution in [3.63, 3.8) is 0 Å². The summed E-state index contributed by atoms with van der Waals surface area (Å²) < 4.78 is 28.1. The lowest BCUT2D eigenvalue weighted by molar-refractivity contribution is -0.120. The summed E-state index contributed by atoms with van der Waals surface area (Å²) in [5.41, 5.74) is 3.97. The average Bonchev–Trinajstić information content (AvgIpc) is 2.64. The van der Waals surface area contributed by atoms with Crippen molar-refractivity contribution < 1.29 is 13.2 Å². The largest absolute Gasteiger partial charge is 0.326 e. The van der Waals surface area contributed by atoms with E-state index < -0.39 is 15.9 Å². The molecule has 1 aliphatic rings. The summed E-state index contributed by atoms with van der Waals surface area (Å²) >= 11 is 6.14. The first kappa shape index (κ1) is 21.8. The number of benzene rings is 2. The van der Waals surface area contributed by atoms with E-state index in [1.807, 2.05) is 39.8 Å². The molecule has 2 aromatic carbocycles. The fraction of sp³-hybridized carbons (Fsp3) is 0.409. The number of carbonyl (C=O) groups is 1. The summed E-state index contributed by atoms with van der Waals surface area (Å²) in [6, 6.07) is 9.13. The van der Waals surface area contributed by atoms with Crippen molar-refractivity contribution in [1.29, 1.82) is 0 Å². The molecule has 1 amide bonds. The Morgan fingerprint density at radius 1 is 1.14 bits per heavy atom. The summed E-state index contributed by atoms with van der Waals surface area (Å²) in [5, 5.41) is 3.50. The lowest BCUT2D eigenvalue weighted by Crippen LogP contribution is -2.44. The predicted molar refractivity (Wildman–Crippen MR) is 117 cm³/mol. The Hall–Kier alpha value is -1.89. The first-order valence-corrected chi connectivity index (χ1v) is 11.6. The first-order valence-electron chi connectivity index (χ1n) is 9.75. The highest BCUT2D eigenvalue weighted by molar-refractivity contribution is 7.89. The Morgan fingerprint density at radius 3 is 2.45 bits per heavy atom. The van der Waals surface area contributed by atoms with Crippen LogP contribution in [-0.4, -0.2) is 31.7 Å². The van der Waals surface area contributed by atoms with Crippen LogP contribution in [0.25, 0.3) is 0 Å². The van der Waals surface area contributed by atoms with Gasteiger partial charge in [0.1, 0.15) is 0 Å². The number of halogens is 1. The second-order valence-electron chi connectivity index (χ2n) is 7.83. The molecule has 2 aromatic rings. The molecule has 0 aliphatic carbocycles. The summed E-state index contributed by atoms with van der Waals surface area (Å²) in [6.07, 6.45) is 1.30. The number of rotatable bonds is 4. The lowest BCUT2D eigenvalue weighted by Gasteiger charge is -2.32. The molecule has 5 nitrogen and oxygen atoms in total. The lowest BCUT2D eigenvalue weighted by atomic mass is 9.98. The summed E-state index contributed by atoms with van der Waals surface area (Å²) in [5.74, 6) is -0.574. The van der Waals surface area contributed by atoms with Crippen molar-refractivity contribution >= 4 is 33.2 Å². The number of hydrogen-bond donors (Lipinski definition) is 1. The van der Waals surface area contributed by atoms with E-state index >= 15 is 0 Å². The van der Waals surface area contributed by atoms with Gasteiger partial charge in [-0.05, 0) is 69.4 Å². The van der Waals surface area contributed by atoms with E-state index in [1.54, 1.807) is 18.2 Å². The molecule has 1 N–H and O–H groups in total. The highest BCUT2D eigenvalue weighted by Crippen LogP contribution is 2.30. The Kier molecular flexibility index (Phi) is 6.36. The van der Waals surface area contributed by atoms with Crippen molar-refractivity contribution in [3.8, 4) is 0 Å². The standard InChI is InChI=1S/C22H27ClN2O3S/c1-14-11-15(2)21(16(3)12-14)29(27,28)25-10-6-7-18(13-25)22(26)24-20-9-5-8-19(23)17(20)4/h5,8-9,11-12,18H,6-7,10,13H2,1-4H3,(H,24,26)/t18-/m1/s1. The van der Waals surface area contributed by atoms with Crippen molar-refractivity contribution in [2.45, 2.75) is 45.4 Å². The topological polar surface area (TPSA) is 66.5 Å². The predicted octanol–water partition coefficient (Wildman–Crippen LogP) is 4.61. The Morgan fingerprint density at radius 2 is 1.79 bits per heavy atom. The summed E-state index contributed by atoms with van der Waals surface area (Å²) in [4.78, 5) is 13.2. The van der Waals surface area contributed by atoms with Gasteiger partial charge in [0.25, 0.3) is 0 Å². The van der Waals surface area contributed by atoms with E-state index in [9.17, 15) is 13.2 Å². The second kappa shape index (κ2) is 8.46. The van der Waals surface area contributed by atoms with Crippen molar-refractivity contribution in [2.24, 2.45) is 5.92 Å². The number of carbonyl (C=O) groups excluding carboxylic acids is 1. The van der Waals surface area contributed by atoms with Crippen LogP contribution in [0.4, 0.5) is 5.69 Å². The Labute approximate surface area is 178 Å². The first-order chi connectivity index (χ1) is 13.6. The number of sulfonamides is 1. The molecular formula is C22H27ClN2O3S. The van der Waals surface area contributed by atoms with E-state index in [0.29, 0.717) is 35.0 Å². The minimum Gasteiger partial charge on any atom is -0.326 e. The fourth-order valence-corrected chi connectivity index (χ4v) is 6.17. The third-order valence-corrected chi connectivity index (χ3v) is 8.06. The average molecular weight is 435 g/mol. The minimum atomic E-state index is -3.66. The number of nitrogens with zero attached hydrogens (tertiary/aromatic N) is 1. The molecule has 0 aromatic heterocycles. The Bertz CT molecular complexity index is 1030. The van der Waals surface area contributed by atoms with Crippen LogP contribution in [0.15, 0.2) is 35.2 Å². The number of piperidine rings is 1. The fourth-order valence-electron chi connectivity index (χ4n) is 4.06. The van der Waals surface area contributed by atoms with Gasteiger partial charge in [0.05, 0.1) is 10.8 Å². The van der Waals surface area contributed by atoms with Crippen LogP contribution in [0.3, 0.4) is 0 Å². The number of hydrogen-bond acceptors (Lipinski definition) is 3. The third-order valence-electron chi connectivity index (χ3n) is 5.48. The van der Waals surface area contributed by atoms with E-state index in [0.717, 1.165) is 22.3 Å². The van der Waals surface area contributed by atoms with Crippen LogP contribution in [0.2, 0.25) is 5.02 Å². The zero-order chi connectivity index (χ0) is 21.3. The van der Waals surface area contributed by atoms with Crippen LogP contribution < -0.4 is 5.32 Å². The van der Waals surface area contributed by atoms with Crippen LogP contribution in [0.1, 0.15) is 35.1 Å². The maximum absolute atomic E-state index is 13.3. The number of aryl methyl sites for hydroxylation is 3. The molecule has 1 heterocycles. The van der Waals surface area contributed by atoms with Crippen LogP contribution >= 0.6 is 11.6 Å². The molecule has 7 heteroatoms. The molecule has 0 saturated carbocycles. The van der Waals surface area contributed by atoms with Crippen LogP contribution in [0, 0.1) is 33.6 Å². The molecular weight excluding hydrogens is 408 g/mol. The normalized spacial score (nSPS) is 17.9. The Balaban J connectivity index is 1.81. The van der Waals surface area contributed by atoms with Crippen LogP contribution in [0.5, 0.6) is 0 Å². The van der Waals surface area contributed by atoms with E-state index in [4.69, 9.17) is 11.6 Å². The van der Waals surface area contributed by atoms with Gasteiger partial charge >= 0.3 is 0 Å². The molecule has 0 spiro atoms. The molecule has 156 valence electrons. The maximum Gasteiger partial charge on any atom is 0.243 e. The number of anilines is 1. The van der Waals surface area contributed by atoms with Crippen molar-refractivity contribution in [2.75, 3.05) is 18.4 Å². The van der Waals surface area contributed by atoms with E-state index in [-0.39, 0.29) is 12.5 Å². The van der Waals surface area contributed by atoms with Gasteiger partial charge in [0.2, 0.25) is 15.9 Å². The minimum absolute atomic E-state index is 0.174. The molecule has 0 radical (unpaired) electrons. The molecule has 1 saturated heterocycles. The van der Waals surface area contributed by atoms with Crippen molar-refractivity contribution in [3.05, 3.63) is 57.6 Å². The van der Waals surface area contributed by atoms with Gasteiger partial charge in [-0.1, -0.05) is 35.4 Å². The van der Waals surface area contributed by atoms with Gasteiger partial charge in [-0.2, -0.15) is 4.31 Å². The smallest absolute Gasteiger partial charge is 0.243 e. The molecule has 1 atom stereocenters. The number of amides is 1. The van der Waals surface area contributed by atoms with Gasteiger partial charge in [0, 0.05) is 23.8 Å². The second-order valence-corrected chi connectivity index (χ2v) is 10.1. The van der Waals surface area contributed by atoms with Crippen molar-refractivity contribution in [1.82, 2.24) is 4.31 Å². The van der Waals surface area contributed by atoms with Gasteiger partial charge in [0.15, 0.2) is 0 Å². The SMILES string of the molecule is Cc1cc(C)c(S(=O)(=O)N2CCC[C@@H](C(=O)Nc3cccc(Cl)c3C)C2)c(C)c1. The van der Waals surface area contributed by atoms with E-state index in [2.05, 4.69) is 5.32 Å². The zero-order valence-electron chi connectivity index (χ0n) is 17.3.